The summed E-state index contributed by atoms with van der Waals surface area (Å²) in [6.07, 6.45) is -3.43. The highest BCUT2D eigenvalue weighted by Gasteiger charge is 2.47. The van der Waals surface area contributed by atoms with Crippen LogP contribution in [0.25, 0.3) is 0 Å². The Morgan fingerprint density at radius 2 is 1.57 bits per heavy atom. The lowest BCUT2D eigenvalue weighted by molar-refractivity contribution is -0.219. The molecule has 22 heteroatoms. The third-order valence-corrected chi connectivity index (χ3v) is 15.1. The summed E-state index contributed by atoms with van der Waals surface area (Å²) in [5.41, 5.74) is 1.14. The summed E-state index contributed by atoms with van der Waals surface area (Å²) in [5.74, 6) is -3.74. The van der Waals surface area contributed by atoms with Crippen LogP contribution in [-0.2, 0) is 49.4 Å². The lowest BCUT2D eigenvalue weighted by Gasteiger charge is -2.42. The summed E-state index contributed by atoms with van der Waals surface area (Å²) in [4.78, 5) is 87.4. The van der Waals surface area contributed by atoms with E-state index in [-0.39, 0.29) is 60.6 Å². The van der Waals surface area contributed by atoms with Gasteiger partial charge in [-0.25, -0.2) is 4.68 Å². The number of amides is 6. The van der Waals surface area contributed by atoms with E-state index in [0.29, 0.717) is 43.5 Å². The van der Waals surface area contributed by atoms with Crippen LogP contribution in [0.2, 0.25) is 0 Å². The summed E-state index contributed by atoms with van der Waals surface area (Å²) < 4.78 is 19.1. The van der Waals surface area contributed by atoms with Gasteiger partial charge in [0.15, 0.2) is 6.23 Å². The van der Waals surface area contributed by atoms with Crippen LogP contribution in [0.4, 0.5) is 0 Å². The van der Waals surface area contributed by atoms with Crippen LogP contribution < -0.4 is 16.0 Å². The molecule has 4 rings (SSSR count). The number of likely N-dealkylation sites (N-methyl/N-ethyl adjacent to an activating group) is 2. The van der Waals surface area contributed by atoms with Crippen LogP contribution in [0.3, 0.4) is 0 Å². The average molecular weight is 1060 g/mol. The number of ether oxygens (including phenoxy) is 3. The van der Waals surface area contributed by atoms with Gasteiger partial charge in [0.2, 0.25) is 35.4 Å². The molecule has 15 atom stereocenters. The Morgan fingerprint density at radius 3 is 2.15 bits per heavy atom. The zero-order valence-electron chi connectivity index (χ0n) is 46.3. The first-order valence-corrected chi connectivity index (χ1v) is 26.4. The topological polar surface area (TPSA) is 288 Å². The quantitative estimate of drug-likeness (QED) is 0.0668. The predicted molar refractivity (Wildman–Crippen MR) is 277 cm³/mol. The highest BCUT2D eigenvalue weighted by atomic mass is 16.5. The fourth-order valence-corrected chi connectivity index (χ4v) is 10.6. The molecule has 6 amide bonds. The minimum atomic E-state index is -1.47. The van der Waals surface area contributed by atoms with Crippen LogP contribution in [0.15, 0.2) is 36.5 Å². The second-order valence-corrected chi connectivity index (χ2v) is 21.2. The van der Waals surface area contributed by atoms with Gasteiger partial charge >= 0.3 is 0 Å². The highest BCUT2D eigenvalue weighted by Crippen LogP contribution is 2.31. The van der Waals surface area contributed by atoms with Crippen LogP contribution in [-0.4, -0.2) is 194 Å². The number of benzene rings is 1. The largest absolute Gasteiger partial charge is 0.394 e. The molecule has 1 aromatic carbocycles. The molecule has 0 aliphatic carbocycles. The van der Waals surface area contributed by atoms with Gasteiger partial charge in [-0.15, -0.1) is 5.10 Å². The van der Waals surface area contributed by atoms with E-state index in [1.807, 2.05) is 59.7 Å². The molecule has 7 N–H and O–H groups in total. The first kappa shape index (κ1) is 62.4. The van der Waals surface area contributed by atoms with E-state index in [0.717, 1.165) is 0 Å². The molecule has 0 unspecified atom stereocenters. The van der Waals surface area contributed by atoms with Gasteiger partial charge < -0.3 is 65.3 Å². The Bertz CT molecular complexity index is 2170. The number of hydrogen-bond donors (Lipinski definition) is 7. The van der Waals surface area contributed by atoms with Crippen molar-refractivity contribution in [1.82, 2.24) is 45.6 Å². The van der Waals surface area contributed by atoms with E-state index < -0.39 is 103 Å². The summed E-state index contributed by atoms with van der Waals surface area (Å²) in [5, 5.41) is 58.5. The van der Waals surface area contributed by atoms with Crippen molar-refractivity contribution in [2.45, 2.75) is 186 Å². The highest BCUT2D eigenvalue weighted by molar-refractivity contribution is 5.92. The third kappa shape index (κ3) is 15.8. The number of aromatic nitrogens is 3. The molecule has 3 heterocycles. The lowest BCUT2D eigenvalue weighted by atomic mass is 9.89. The molecular formula is C53H87N9O13. The monoisotopic (exact) mass is 1060 g/mol. The summed E-state index contributed by atoms with van der Waals surface area (Å²) in [6.45, 7) is 15.9. The standard InChI is InChI=1S/C53H87N9O13/c1-14-31(6)45(38(73-12)26-41(66)61-25-19-23-37(61)49(74-13)32(7)50(70)54-33(8)46(67)35-20-16-15-17-21-35)60(11)52(72)42(29(2)3)56-51(71)44(30(4)5)59(10)40(65)24-18-22-36-27-62(58-57-36)53-43(55-34(9)64)48(69)47(68)39(28-63)75-53/h15-17,20-21,27,29-33,37-39,42-49,53,63,67-69H,14,18-19,22-26,28H2,1-13H3,(H,54,70)(H,55,64)(H,56,71)/t31-,32+,33+,37-,38+,39+,42-,43+,44-,45-,46+,47-,48+,49+,53+/m0/s1. The smallest absolute Gasteiger partial charge is 0.245 e. The molecule has 22 nitrogen and oxygen atoms in total. The molecule has 2 fully saturated rings. The number of nitrogens with zero attached hydrogens (tertiary/aromatic N) is 6. The maximum absolute atomic E-state index is 14.7. The van der Waals surface area contributed by atoms with E-state index in [1.165, 1.54) is 36.9 Å². The number of aliphatic hydroxyl groups excluding tert-OH is 4. The molecule has 2 saturated heterocycles. The minimum Gasteiger partial charge on any atom is -0.394 e. The molecule has 2 aliphatic heterocycles. The zero-order chi connectivity index (χ0) is 56.0. The number of aliphatic hydroxyl groups is 4. The van der Waals surface area contributed by atoms with Gasteiger partial charge in [-0.1, -0.05) is 90.4 Å². The van der Waals surface area contributed by atoms with Gasteiger partial charge in [-0.3, -0.25) is 28.8 Å². The van der Waals surface area contributed by atoms with Gasteiger partial charge in [0.1, 0.15) is 36.4 Å². The summed E-state index contributed by atoms with van der Waals surface area (Å²) in [7, 11) is 6.24. The molecule has 0 bridgehead atoms. The van der Waals surface area contributed by atoms with Crippen molar-refractivity contribution in [2.24, 2.45) is 23.7 Å². The number of rotatable bonds is 27. The first-order chi connectivity index (χ1) is 35.4. The normalized spacial score (nSPS) is 23.5. The fraction of sp³-hybridized carbons (Fsp3) is 0.736. The van der Waals surface area contributed by atoms with Gasteiger partial charge in [-0.05, 0) is 55.9 Å². The summed E-state index contributed by atoms with van der Waals surface area (Å²) >= 11 is 0. The molecule has 0 saturated carbocycles. The van der Waals surface area contributed by atoms with Crippen LogP contribution in [0.1, 0.15) is 124 Å². The summed E-state index contributed by atoms with van der Waals surface area (Å²) in [6, 6.07) is 4.45. The van der Waals surface area contributed by atoms with E-state index in [4.69, 9.17) is 14.2 Å². The molecule has 75 heavy (non-hydrogen) atoms. The molecular weight excluding hydrogens is 971 g/mol. The lowest BCUT2D eigenvalue weighted by Crippen LogP contribution is -2.62. The van der Waals surface area contributed by atoms with Gasteiger partial charge in [0.05, 0.1) is 67.3 Å². The Balaban J connectivity index is 1.41. The molecule has 1 aromatic heterocycles. The van der Waals surface area contributed by atoms with Crippen molar-refractivity contribution in [3.63, 3.8) is 0 Å². The number of aryl methyl sites for hydroxylation is 1. The predicted octanol–water partition coefficient (Wildman–Crippen LogP) is 1.50. The van der Waals surface area contributed by atoms with E-state index in [1.54, 1.807) is 49.9 Å². The minimum absolute atomic E-state index is 0.0346. The zero-order valence-corrected chi connectivity index (χ0v) is 46.3. The number of carbonyl (C=O) groups excluding carboxylic acids is 6. The third-order valence-electron chi connectivity index (χ3n) is 15.1. The van der Waals surface area contributed by atoms with Crippen LogP contribution in [0, 0.1) is 23.7 Å². The second-order valence-electron chi connectivity index (χ2n) is 21.2. The Labute approximate surface area is 442 Å². The Hall–Kier alpha value is -5.10. The molecule has 0 spiro atoms. The Morgan fingerprint density at radius 1 is 0.907 bits per heavy atom. The van der Waals surface area contributed by atoms with Gasteiger partial charge in [0.25, 0.3) is 0 Å². The SMILES string of the molecule is CC[C@H](C)[C@@H]([C@@H](CC(=O)N1CCC[C@H]1[C@H](OC)[C@@H](C)C(=O)N[C@H](C)[C@@H](O)c1ccccc1)OC)N(C)C(=O)[C@@H](NC(=O)[C@H](C(C)C)N(C)C(=O)CCCc1cn([C@@H]2O[C@H](CO)[C@H](O)[C@H](O)[C@H]2NC(C)=O)nn1)C(C)C. The van der Waals surface area contributed by atoms with Gasteiger partial charge in [0, 0.05) is 48.2 Å². The average Bonchev–Trinajstić information content (AvgIpc) is 4.07. The van der Waals surface area contributed by atoms with Crippen molar-refractivity contribution in [3.8, 4) is 0 Å². The van der Waals surface area contributed by atoms with Crippen molar-refractivity contribution >= 4 is 35.4 Å². The number of nitrogens with one attached hydrogen (secondary N) is 3. The van der Waals surface area contributed by atoms with E-state index in [9.17, 15) is 49.2 Å². The van der Waals surface area contributed by atoms with Crippen molar-refractivity contribution in [2.75, 3.05) is 41.5 Å². The number of methoxy groups -OCH3 is 2. The second kappa shape index (κ2) is 28.9. The molecule has 422 valence electrons. The molecule has 2 aromatic rings. The van der Waals surface area contributed by atoms with Gasteiger partial charge in [-0.2, -0.15) is 0 Å². The number of likely N-dealkylation sites (tertiary alicyclic amines) is 1. The van der Waals surface area contributed by atoms with Crippen LogP contribution >= 0.6 is 0 Å². The first-order valence-electron chi connectivity index (χ1n) is 26.4. The van der Waals surface area contributed by atoms with Crippen LogP contribution in [0.5, 0.6) is 0 Å². The fourth-order valence-electron chi connectivity index (χ4n) is 10.6. The maximum atomic E-state index is 14.7. The maximum Gasteiger partial charge on any atom is 0.245 e. The Kier molecular flexibility index (Phi) is 24.0. The van der Waals surface area contributed by atoms with Crippen molar-refractivity contribution in [3.05, 3.63) is 47.8 Å². The number of hydrogen-bond acceptors (Lipinski definition) is 15. The van der Waals surface area contributed by atoms with E-state index >= 15 is 0 Å². The number of carbonyl (C=O) groups is 6. The van der Waals surface area contributed by atoms with E-state index in [2.05, 4.69) is 26.3 Å². The van der Waals surface area contributed by atoms with Crippen molar-refractivity contribution < 1.29 is 63.4 Å². The molecule has 2 aliphatic rings. The molecule has 0 radical (unpaired) electrons. The van der Waals surface area contributed by atoms with Crippen molar-refractivity contribution in [1.29, 1.82) is 0 Å².